The van der Waals surface area contributed by atoms with E-state index in [1.807, 2.05) is 43.0 Å². The van der Waals surface area contributed by atoms with Crippen LogP contribution in [0.3, 0.4) is 0 Å². The van der Waals surface area contributed by atoms with Gasteiger partial charge in [0.1, 0.15) is 5.82 Å². The third-order valence-corrected chi connectivity index (χ3v) is 6.70. The largest absolute Gasteiger partial charge is 0.343 e. The van der Waals surface area contributed by atoms with Crippen molar-refractivity contribution in [3.63, 3.8) is 0 Å². The zero-order chi connectivity index (χ0) is 21.1. The second-order valence-electron chi connectivity index (χ2n) is 7.86. The topological polar surface area (TPSA) is 91.0 Å². The number of thiazole rings is 1. The van der Waals surface area contributed by atoms with Crippen LogP contribution in [0, 0.1) is 13.8 Å². The van der Waals surface area contributed by atoms with Crippen molar-refractivity contribution in [2.45, 2.75) is 51.9 Å². The van der Waals surface area contributed by atoms with Crippen LogP contribution in [0.2, 0.25) is 0 Å². The first-order valence-corrected chi connectivity index (χ1v) is 11.3. The first-order valence-electron chi connectivity index (χ1n) is 10.5. The molecule has 30 heavy (non-hydrogen) atoms. The normalized spacial score (nSPS) is 14.9. The Labute approximate surface area is 179 Å². The molecule has 0 unspecified atom stereocenters. The molecule has 7 nitrogen and oxygen atoms in total. The molecule has 1 aliphatic rings. The number of rotatable bonds is 6. The Kier molecular flexibility index (Phi) is 6.13. The van der Waals surface area contributed by atoms with Crippen LogP contribution in [0.4, 0.5) is 5.13 Å². The van der Waals surface area contributed by atoms with Crippen molar-refractivity contribution in [3.05, 3.63) is 40.7 Å². The molecule has 3 aromatic rings. The number of hydrogen-bond acceptors (Lipinski definition) is 5. The van der Waals surface area contributed by atoms with Crippen molar-refractivity contribution in [2.24, 2.45) is 0 Å². The van der Waals surface area contributed by atoms with Crippen LogP contribution in [0.15, 0.2) is 24.3 Å². The third-order valence-electron chi connectivity index (χ3n) is 5.71. The van der Waals surface area contributed by atoms with Crippen LogP contribution in [-0.4, -0.2) is 44.8 Å². The lowest BCUT2D eigenvalue weighted by atomic mass is 9.96. The van der Waals surface area contributed by atoms with Crippen molar-refractivity contribution < 1.29 is 9.59 Å². The number of nitrogens with one attached hydrogen (secondary N) is 2. The summed E-state index contributed by atoms with van der Waals surface area (Å²) in [4.78, 5) is 40.1. The number of fused-ring (bicyclic) bond motifs is 1. The number of piperidine rings is 1. The van der Waals surface area contributed by atoms with Gasteiger partial charge in [0, 0.05) is 36.7 Å². The fraction of sp³-hybridized carbons (Fsp3) is 0.455. The second-order valence-corrected chi connectivity index (χ2v) is 9.06. The van der Waals surface area contributed by atoms with Crippen molar-refractivity contribution in [3.8, 4) is 0 Å². The maximum atomic E-state index is 12.5. The van der Waals surface area contributed by atoms with Gasteiger partial charge in [-0.25, -0.2) is 9.97 Å². The maximum absolute atomic E-state index is 12.5. The van der Waals surface area contributed by atoms with E-state index in [-0.39, 0.29) is 11.8 Å². The highest BCUT2D eigenvalue weighted by Crippen LogP contribution is 2.28. The molecule has 2 amide bonds. The molecule has 0 atom stereocenters. The Bertz CT molecular complexity index is 996. The minimum absolute atomic E-state index is 0.0832. The number of aryl methyl sites for hydroxylation is 2. The lowest BCUT2D eigenvalue weighted by molar-refractivity contribution is -0.132. The van der Waals surface area contributed by atoms with E-state index in [0.29, 0.717) is 30.3 Å². The van der Waals surface area contributed by atoms with E-state index in [9.17, 15) is 9.59 Å². The van der Waals surface area contributed by atoms with Crippen molar-refractivity contribution in [2.75, 3.05) is 18.4 Å². The van der Waals surface area contributed by atoms with Crippen LogP contribution < -0.4 is 5.32 Å². The molecule has 1 aliphatic heterocycles. The Morgan fingerprint density at radius 1 is 1.17 bits per heavy atom. The third kappa shape index (κ3) is 4.70. The summed E-state index contributed by atoms with van der Waals surface area (Å²) in [5, 5.41) is 3.46. The maximum Gasteiger partial charge on any atom is 0.226 e. The molecule has 0 aliphatic carbocycles. The number of hydrogen-bond donors (Lipinski definition) is 2. The summed E-state index contributed by atoms with van der Waals surface area (Å²) in [5.74, 6) is 1.43. The lowest BCUT2D eigenvalue weighted by Crippen LogP contribution is -2.38. The highest BCUT2D eigenvalue weighted by atomic mass is 32.1. The van der Waals surface area contributed by atoms with E-state index in [4.69, 9.17) is 4.98 Å². The molecular weight excluding hydrogens is 398 g/mol. The summed E-state index contributed by atoms with van der Waals surface area (Å²) >= 11 is 1.48. The number of aromatic nitrogens is 3. The summed E-state index contributed by atoms with van der Waals surface area (Å²) in [6.07, 6.45) is 3.11. The molecule has 1 aromatic carbocycles. The standard InChI is InChI=1S/C22H27N5O2S/c1-14-15(2)30-22(23-14)26-19(28)8-5-9-20(29)27-12-10-16(11-13-27)21-24-17-6-3-4-7-18(17)25-21/h3-4,6-7,16H,5,8-13H2,1-2H3,(H,24,25)(H,23,26,28). The molecule has 2 aromatic heterocycles. The fourth-order valence-electron chi connectivity index (χ4n) is 3.83. The van der Waals surface area contributed by atoms with Gasteiger partial charge in [0.2, 0.25) is 11.8 Å². The van der Waals surface area contributed by atoms with Crippen LogP contribution >= 0.6 is 11.3 Å². The molecule has 0 spiro atoms. The first-order chi connectivity index (χ1) is 14.5. The Balaban J connectivity index is 1.20. The van der Waals surface area contributed by atoms with Gasteiger partial charge in [0.25, 0.3) is 0 Å². The molecule has 0 saturated carbocycles. The number of imidazole rings is 1. The van der Waals surface area contributed by atoms with Crippen molar-refractivity contribution in [1.29, 1.82) is 0 Å². The SMILES string of the molecule is Cc1nc(NC(=O)CCCC(=O)N2CCC(c3nc4ccccc4[nH]3)CC2)sc1C. The minimum atomic E-state index is -0.0832. The quantitative estimate of drug-likeness (QED) is 0.621. The lowest BCUT2D eigenvalue weighted by Gasteiger charge is -2.31. The molecule has 1 fully saturated rings. The summed E-state index contributed by atoms with van der Waals surface area (Å²) in [6, 6.07) is 8.05. The molecule has 2 N–H and O–H groups in total. The Morgan fingerprint density at radius 3 is 2.63 bits per heavy atom. The first kappa shape index (κ1) is 20.5. The predicted molar refractivity (Wildman–Crippen MR) is 119 cm³/mol. The van der Waals surface area contributed by atoms with E-state index in [1.54, 1.807) is 0 Å². The van der Waals surface area contributed by atoms with Gasteiger partial charge in [-0.1, -0.05) is 12.1 Å². The van der Waals surface area contributed by atoms with E-state index < -0.39 is 0 Å². The van der Waals surface area contributed by atoms with E-state index in [2.05, 4.69) is 15.3 Å². The zero-order valence-electron chi connectivity index (χ0n) is 17.4. The number of carbonyl (C=O) groups is 2. The highest BCUT2D eigenvalue weighted by Gasteiger charge is 2.25. The molecule has 0 radical (unpaired) electrons. The number of benzene rings is 1. The number of aromatic amines is 1. The van der Waals surface area contributed by atoms with Crippen LogP contribution in [0.1, 0.15) is 54.4 Å². The monoisotopic (exact) mass is 425 g/mol. The van der Waals surface area contributed by atoms with Gasteiger partial charge in [-0.3, -0.25) is 9.59 Å². The summed E-state index contributed by atoms with van der Waals surface area (Å²) < 4.78 is 0. The molecule has 4 rings (SSSR count). The van der Waals surface area contributed by atoms with Gasteiger partial charge in [-0.05, 0) is 45.2 Å². The summed E-state index contributed by atoms with van der Waals surface area (Å²) in [7, 11) is 0. The van der Waals surface area contributed by atoms with E-state index >= 15 is 0 Å². The van der Waals surface area contributed by atoms with Gasteiger partial charge in [0.05, 0.1) is 16.7 Å². The molecule has 1 saturated heterocycles. The molecule has 0 bridgehead atoms. The zero-order valence-corrected chi connectivity index (χ0v) is 18.2. The number of nitrogens with zero attached hydrogens (tertiary/aromatic N) is 3. The minimum Gasteiger partial charge on any atom is -0.343 e. The fourth-order valence-corrected chi connectivity index (χ4v) is 4.67. The molecule has 8 heteroatoms. The number of amides is 2. The van der Waals surface area contributed by atoms with Crippen LogP contribution in [-0.2, 0) is 9.59 Å². The van der Waals surface area contributed by atoms with Gasteiger partial charge in [-0.2, -0.15) is 0 Å². The predicted octanol–water partition coefficient (Wildman–Crippen LogP) is 4.15. The van der Waals surface area contributed by atoms with Gasteiger partial charge in [-0.15, -0.1) is 11.3 Å². The Morgan fingerprint density at radius 2 is 1.93 bits per heavy atom. The van der Waals surface area contributed by atoms with Gasteiger partial charge in [0.15, 0.2) is 5.13 Å². The average molecular weight is 426 g/mol. The highest BCUT2D eigenvalue weighted by molar-refractivity contribution is 7.15. The Hall–Kier alpha value is -2.74. The van der Waals surface area contributed by atoms with Crippen LogP contribution in [0.25, 0.3) is 11.0 Å². The van der Waals surface area contributed by atoms with E-state index in [1.165, 1.54) is 11.3 Å². The summed E-state index contributed by atoms with van der Waals surface area (Å²) in [5.41, 5.74) is 3.00. The van der Waals surface area contributed by atoms with Crippen molar-refractivity contribution >= 4 is 39.3 Å². The number of carbonyl (C=O) groups excluding carboxylic acids is 2. The van der Waals surface area contributed by atoms with Crippen molar-refractivity contribution in [1.82, 2.24) is 19.9 Å². The molecule has 3 heterocycles. The van der Waals surface area contributed by atoms with Crippen LogP contribution in [0.5, 0.6) is 0 Å². The summed E-state index contributed by atoms with van der Waals surface area (Å²) in [6.45, 7) is 5.39. The van der Waals surface area contributed by atoms with Gasteiger partial charge >= 0.3 is 0 Å². The average Bonchev–Trinajstić information content (AvgIpc) is 3.30. The number of para-hydroxylation sites is 2. The smallest absolute Gasteiger partial charge is 0.226 e. The van der Waals surface area contributed by atoms with Gasteiger partial charge < -0.3 is 15.2 Å². The number of likely N-dealkylation sites (tertiary alicyclic amines) is 1. The molecule has 158 valence electrons. The number of anilines is 1. The number of H-pyrrole nitrogens is 1. The second kappa shape index (κ2) is 8.95. The van der Waals surface area contributed by atoms with E-state index in [0.717, 1.165) is 53.4 Å². The molecular formula is C22H27N5O2S.